The Labute approximate surface area is 59.1 Å². The zero-order valence-corrected chi connectivity index (χ0v) is 6.46. The van der Waals surface area contributed by atoms with E-state index in [1.807, 2.05) is 6.26 Å². The summed E-state index contributed by atoms with van der Waals surface area (Å²) in [5, 5.41) is 2.55. The molecule has 3 nitrogen and oxygen atoms in total. The van der Waals surface area contributed by atoms with Crippen LogP contribution in [0.2, 0.25) is 0 Å². The van der Waals surface area contributed by atoms with Crippen molar-refractivity contribution in [3.05, 3.63) is 0 Å². The molecule has 1 N–H and O–H groups in total. The number of hydrogen-bond donors (Lipinski definition) is 1. The van der Waals surface area contributed by atoms with Crippen molar-refractivity contribution in [3.63, 3.8) is 0 Å². The number of amides is 1. The predicted octanol–water partition coefficient (Wildman–Crippen LogP) is 0.705. The Hall–Kier alpha value is -0.380. The zero-order chi connectivity index (χ0) is 7.11. The molecule has 9 heavy (non-hydrogen) atoms. The van der Waals surface area contributed by atoms with Gasteiger partial charge in [-0.25, -0.2) is 4.79 Å². The topological polar surface area (TPSA) is 38.3 Å². The van der Waals surface area contributed by atoms with E-state index in [1.54, 1.807) is 11.8 Å². The molecule has 0 aliphatic rings. The van der Waals surface area contributed by atoms with Crippen LogP contribution in [0.25, 0.3) is 0 Å². The van der Waals surface area contributed by atoms with Crippen LogP contribution in [0.1, 0.15) is 0 Å². The molecule has 0 atom stereocenters. The van der Waals surface area contributed by atoms with Gasteiger partial charge in [-0.05, 0) is 6.26 Å². The first-order valence-electron chi connectivity index (χ1n) is 2.62. The van der Waals surface area contributed by atoms with Gasteiger partial charge in [0.05, 0.1) is 7.11 Å². The Balaban J connectivity index is 2.97. The average molecular weight is 149 g/mol. The molecule has 0 heterocycles. The van der Waals surface area contributed by atoms with Crippen LogP contribution in [0, 0.1) is 0 Å². The van der Waals surface area contributed by atoms with E-state index in [2.05, 4.69) is 10.1 Å². The third-order valence-electron chi connectivity index (χ3n) is 0.761. The second-order valence-electron chi connectivity index (χ2n) is 1.41. The van der Waals surface area contributed by atoms with Crippen LogP contribution in [0.5, 0.6) is 0 Å². The fourth-order valence-electron chi connectivity index (χ4n) is 0.327. The summed E-state index contributed by atoms with van der Waals surface area (Å²) in [7, 11) is 1.36. The van der Waals surface area contributed by atoms with Gasteiger partial charge in [0.1, 0.15) is 0 Å². The zero-order valence-electron chi connectivity index (χ0n) is 5.64. The lowest BCUT2D eigenvalue weighted by Gasteiger charge is -1.99. The molecule has 0 aromatic rings. The minimum atomic E-state index is -0.357. The predicted molar refractivity (Wildman–Crippen MR) is 38.8 cm³/mol. The van der Waals surface area contributed by atoms with Gasteiger partial charge in [0.25, 0.3) is 0 Å². The molecule has 0 aliphatic carbocycles. The minimum absolute atomic E-state index is 0.357. The summed E-state index contributed by atoms with van der Waals surface area (Å²) in [5.74, 6) is 0.926. The van der Waals surface area contributed by atoms with Crippen molar-refractivity contribution < 1.29 is 9.53 Å². The maximum Gasteiger partial charge on any atom is 0.406 e. The molecule has 0 unspecified atom stereocenters. The Morgan fingerprint density at radius 3 is 2.89 bits per heavy atom. The molecule has 0 spiro atoms. The van der Waals surface area contributed by atoms with Gasteiger partial charge in [0, 0.05) is 12.3 Å². The van der Waals surface area contributed by atoms with Crippen LogP contribution in [0.15, 0.2) is 0 Å². The van der Waals surface area contributed by atoms with Crippen LogP contribution < -0.4 is 5.32 Å². The van der Waals surface area contributed by atoms with Crippen LogP contribution in [0.4, 0.5) is 4.79 Å². The number of nitrogens with one attached hydrogen (secondary N) is 1. The maximum absolute atomic E-state index is 10.3. The molecular weight excluding hydrogens is 138 g/mol. The molecule has 0 aromatic heterocycles. The summed E-state index contributed by atoms with van der Waals surface area (Å²) < 4.78 is 4.34. The monoisotopic (exact) mass is 149 g/mol. The van der Waals surface area contributed by atoms with Gasteiger partial charge < -0.3 is 10.1 Å². The van der Waals surface area contributed by atoms with Crippen molar-refractivity contribution in [1.29, 1.82) is 0 Å². The molecule has 0 fully saturated rings. The van der Waals surface area contributed by atoms with Crippen molar-refractivity contribution in [3.8, 4) is 0 Å². The Morgan fingerprint density at radius 2 is 2.44 bits per heavy atom. The van der Waals surface area contributed by atoms with Crippen molar-refractivity contribution in [1.82, 2.24) is 5.32 Å². The van der Waals surface area contributed by atoms with Gasteiger partial charge in [0.2, 0.25) is 0 Å². The SMILES string of the molecule is COC(=O)NCCSC. The highest BCUT2D eigenvalue weighted by Gasteiger charge is 1.93. The van der Waals surface area contributed by atoms with Gasteiger partial charge in [-0.15, -0.1) is 0 Å². The Bertz CT molecular complexity index is 87.0. The Morgan fingerprint density at radius 1 is 1.78 bits per heavy atom. The fraction of sp³-hybridized carbons (Fsp3) is 0.800. The number of carbonyl (C=O) groups excluding carboxylic acids is 1. The lowest BCUT2D eigenvalue weighted by atomic mass is 10.7. The number of thioether (sulfide) groups is 1. The summed E-state index contributed by atoms with van der Waals surface area (Å²) in [5.41, 5.74) is 0. The molecule has 0 aromatic carbocycles. The first-order valence-corrected chi connectivity index (χ1v) is 4.01. The van der Waals surface area contributed by atoms with Gasteiger partial charge in [0.15, 0.2) is 0 Å². The summed E-state index contributed by atoms with van der Waals surface area (Å²) >= 11 is 1.68. The first-order chi connectivity index (χ1) is 4.31. The molecule has 0 rings (SSSR count). The molecule has 0 saturated carbocycles. The van der Waals surface area contributed by atoms with E-state index in [0.717, 1.165) is 5.75 Å². The second kappa shape index (κ2) is 5.75. The van der Waals surface area contributed by atoms with E-state index in [9.17, 15) is 4.79 Å². The molecular formula is C5H11NO2S. The number of hydrogen-bond acceptors (Lipinski definition) is 3. The maximum atomic E-state index is 10.3. The number of methoxy groups -OCH3 is 1. The molecule has 0 saturated heterocycles. The van der Waals surface area contributed by atoms with E-state index in [0.29, 0.717) is 6.54 Å². The lowest BCUT2D eigenvalue weighted by molar-refractivity contribution is 0.172. The smallest absolute Gasteiger partial charge is 0.406 e. The second-order valence-corrected chi connectivity index (χ2v) is 2.40. The van der Waals surface area contributed by atoms with E-state index >= 15 is 0 Å². The number of carbonyl (C=O) groups is 1. The van der Waals surface area contributed by atoms with Gasteiger partial charge >= 0.3 is 6.09 Å². The van der Waals surface area contributed by atoms with Crippen LogP contribution in [-0.4, -0.2) is 31.8 Å². The fourth-order valence-corrected chi connectivity index (χ4v) is 0.634. The van der Waals surface area contributed by atoms with Crippen LogP contribution >= 0.6 is 11.8 Å². The van der Waals surface area contributed by atoms with E-state index in [1.165, 1.54) is 7.11 Å². The van der Waals surface area contributed by atoms with E-state index < -0.39 is 0 Å². The average Bonchev–Trinajstić information content (AvgIpc) is 1.89. The largest absolute Gasteiger partial charge is 0.453 e. The van der Waals surface area contributed by atoms with Crippen molar-refractivity contribution in [2.75, 3.05) is 25.7 Å². The number of alkyl carbamates (subject to hydrolysis) is 1. The van der Waals surface area contributed by atoms with Crippen molar-refractivity contribution in [2.45, 2.75) is 0 Å². The lowest BCUT2D eigenvalue weighted by Crippen LogP contribution is -2.25. The summed E-state index contributed by atoms with van der Waals surface area (Å²) in [4.78, 5) is 10.3. The molecule has 1 amide bonds. The summed E-state index contributed by atoms with van der Waals surface area (Å²) in [6.07, 6.45) is 1.63. The molecule has 0 bridgehead atoms. The van der Waals surface area contributed by atoms with Gasteiger partial charge in [-0.3, -0.25) is 0 Å². The molecule has 0 radical (unpaired) electrons. The highest BCUT2D eigenvalue weighted by molar-refractivity contribution is 7.98. The van der Waals surface area contributed by atoms with Crippen LogP contribution in [-0.2, 0) is 4.74 Å². The number of ether oxygens (including phenoxy) is 1. The molecule has 54 valence electrons. The van der Waals surface area contributed by atoms with Crippen molar-refractivity contribution in [2.24, 2.45) is 0 Å². The quantitative estimate of drug-likeness (QED) is 0.600. The summed E-state index contributed by atoms with van der Waals surface area (Å²) in [6.45, 7) is 0.674. The van der Waals surface area contributed by atoms with Gasteiger partial charge in [-0.1, -0.05) is 0 Å². The van der Waals surface area contributed by atoms with Crippen molar-refractivity contribution >= 4 is 17.9 Å². The van der Waals surface area contributed by atoms with Crippen LogP contribution in [0.3, 0.4) is 0 Å². The normalized spacial score (nSPS) is 8.67. The highest BCUT2D eigenvalue weighted by Crippen LogP contribution is 1.86. The molecule has 4 heteroatoms. The third kappa shape index (κ3) is 5.49. The third-order valence-corrected chi connectivity index (χ3v) is 1.37. The first kappa shape index (κ1) is 8.62. The molecule has 0 aliphatic heterocycles. The standard InChI is InChI=1S/C5H11NO2S/c1-8-5(7)6-3-4-9-2/h3-4H2,1-2H3,(H,6,7). The Kier molecular flexibility index (Phi) is 5.51. The van der Waals surface area contributed by atoms with E-state index in [-0.39, 0.29) is 6.09 Å². The number of rotatable bonds is 3. The van der Waals surface area contributed by atoms with Gasteiger partial charge in [-0.2, -0.15) is 11.8 Å². The van der Waals surface area contributed by atoms with E-state index in [4.69, 9.17) is 0 Å². The highest BCUT2D eigenvalue weighted by atomic mass is 32.2. The summed E-state index contributed by atoms with van der Waals surface area (Å²) in [6, 6.07) is 0. The minimum Gasteiger partial charge on any atom is -0.453 e.